The highest BCUT2D eigenvalue weighted by Gasteiger charge is 2.46. The van der Waals surface area contributed by atoms with E-state index < -0.39 is 23.5 Å². The standard InChI is InChI=1S/C19H20O7/c1-19(2)17(21)14(20)12-13(18(22)24-4)15(25-9-23-3)10-7-5-6-8-11(10)16(12)26-19/h5-8,17,21H,9H2,1-4H3/t17-/m0/s1. The molecule has 0 radical (unpaired) electrons. The first-order valence-corrected chi connectivity index (χ1v) is 8.03. The summed E-state index contributed by atoms with van der Waals surface area (Å²) in [5.41, 5.74) is -1.28. The minimum Gasteiger partial charge on any atom is -0.483 e. The minimum atomic E-state index is -1.44. The molecule has 138 valence electrons. The summed E-state index contributed by atoms with van der Waals surface area (Å²) >= 11 is 0. The summed E-state index contributed by atoms with van der Waals surface area (Å²) in [5, 5.41) is 11.5. The molecule has 0 saturated heterocycles. The van der Waals surface area contributed by atoms with Gasteiger partial charge in [0.2, 0.25) is 0 Å². The molecule has 0 unspecified atom stereocenters. The van der Waals surface area contributed by atoms with Crippen LogP contribution in [0.5, 0.6) is 11.5 Å². The van der Waals surface area contributed by atoms with Crippen LogP contribution >= 0.6 is 0 Å². The maximum atomic E-state index is 12.9. The predicted molar refractivity (Wildman–Crippen MR) is 92.8 cm³/mol. The topological polar surface area (TPSA) is 91.3 Å². The Morgan fingerprint density at radius 3 is 2.50 bits per heavy atom. The van der Waals surface area contributed by atoms with Crippen LogP contribution < -0.4 is 9.47 Å². The normalized spacial score (nSPS) is 18.2. The van der Waals surface area contributed by atoms with Crippen molar-refractivity contribution in [3.05, 3.63) is 35.4 Å². The Morgan fingerprint density at radius 2 is 1.88 bits per heavy atom. The number of benzene rings is 2. The number of hydrogen-bond acceptors (Lipinski definition) is 7. The van der Waals surface area contributed by atoms with Crippen molar-refractivity contribution in [2.75, 3.05) is 21.0 Å². The molecule has 7 heteroatoms. The number of carbonyl (C=O) groups is 2. The highest BCUT2D eigenvalue weighted by molar-refractivity contribution is 6.18. The third kappa shape index (κ3) is 2.69. The number of methoxy groups -OCH3 is 2. The summed E-state index contributed by atoms with van der Waals surface area (Å²) in [7, 11) is 2.65. The van der Waals surface area contributed by atoms with Crippen LogP contribution in [-0.4, -0.2) is 49.6 Å². The molecular weight excluding hydrogens is 340 g/mol. The molecule has 2 aromatic rings. The van der Waals surface area contributed by atoms with Crippen molar-refractivity contribution in [2.24, 2.45) is 0 Å². The van der Waals surface area contributed by atoms with Gasteiger partial charge in [-0.25, -0.2) is 4.79 Å². The van der Waals surface area contributed by atoms with E-state index in [1.165, 1.54) is 14.2 Å². The summed E-state index contributed by atoms with van der Waals surface area (Å²) in [6, 6.07) is 7.07. The highest BCUT2D eigenvalue weighted by Crippen LogP contribution is 2.46. The van der Waals surface area contributed by atoms with Gasteiger partial charge < -0.3 is 24.1 Å². The molecule has 0 aliphatic carbocycles. The van der Waals surface area contributed by atoms with Gasteiger partial charge >= 0.3 is 5.97 Å². The fraction of sp³-hybridized carbons (Fsp3) is 0.368. The maximum Gasteiger partial charge on any atom is 0.342 e. The first kappa shape index (κ1) is 18.2. The number of ether oxygens (including phenoxy) is 4. The molecule has 0 aromatic heterocycles. The van der Waals surface area contributed by atoms with Crippen molar-refractivity contribution in [2.45, 2.75) is 25.6 Å². The number of ketones is 1. The quantitative estimate of drug-likeness (QED) is 0.661. The fourth-order valence-corrected chi connectivity index (χ4v) is 3.05. The van der Waals surface area contributed by atoms with Gasteiger partial charge in [-0.1, -0.05) is 24.3 Å². The number of rotatable bonds is 4. The fourth-order valence-electron chi connectivity index (χ4n) is 3.05. The minimum absolute atomic E-state index is 0.0477. The van der Waals surface area contributed by atoms with Crippen LogP contribution in [0.2, 0.25) is 0 Å². The van der Waals surface area contributed by atoms with E-state index in [0.29, 0.717) is 10.8 Å². The lowest BCUT2D eigenvalue weighted by Crippen LogP contribution is -2.50. The Kier molecular flexibility index (Phi) is 4.60. The third-order valence-corrected chi connectivity index (χ3v) is 4.35. The number of aliphatic hydroxyl groups excluding tert-OH is 1. The number of esters is 1. The van der Waals surface area contributed by atoms with E-state index in [0.717, 1.165) is 0 Å². The highest BCUT2D eigenvalue weighted by atomic mass is 16.7. The number of hydrogen-bond donors (Lipinski definition) is 1. The monoisotopic (exact) mass is 360 g/mol. The predicted octanol–water partition coefficient (Wildman–Crippen LogP) is 2.32. The lowest BCUT2D eigenvalue weighted by Gasteiger charge is -2.37. The van der Waals surface area contributed by atoms with Crippen molar-refractivity contribution in [1.29, 1.82) is 0 Å². The van der Waals surface area contributed by atoms with E-state index in [9.17, 15) is 14.7 Å². The molecule has 3 rings (SSSR count). The average Bonchev–Trinajstić information content (AvgIpc) is 2.63. The molecule has 1 N–H and O–H groups in total. The van der Waals surface area contributed by atoms with E-state index in [1.54, 1.807) is 38.1 Å². The smallest absolute Gasteiger partial charge is 0.342 e. The molecule has 1 aliphatic rings. The van der Waals surface area contributed by atoms with Gasteiger partial charge in [0, 0.05) is 17.9 Å². The molecule has 0 fully saturated rings. The second kappa shape index (κ2) is 6.59. The number of carbonyl (C=O) groups excluding carboxylic acids is 2. The van der Waals surface area contributed by atoms with Crippen LogP contribution in [0.15, 0.2) is 24.3 Å². The summed E-state index contributed by atoms with van der Waals surface area (Å²) in [6.07, 6.45) is -1.44. The first-order valence-electron chi connectivity index (χ1n) is 8.03. The van der Waals surface area contributed by atoms with Gasteiger partial charge in [-0.3, -0.25) is 4.79 Å². The van der Waals surface area contributed by atoms with Gasteiger partial charge in [0.1, 0.15) is 22.7 Å². The Morgan fingerprint density at radius 1 is 1.23 bits per heavy atom. The van der Waals surface area contributed by atoms with Crippen LogP contribution in [0.25, 0.3) is 10.8 Å². The van der Waals surface area contributed by atoms with Gasteiger partial charge in [-0.05, 0) is 13.8 Å². The first-order chi connectivity index (χ1) is 12.3. The molecule has 0 bridgehead atoms. The van der Waals surface area contributed by atoms with Crippen LogP contribution in [0, 0.1) is 0 Å². The van der Waals surface area contributed by atoms with Gasteiger partial charge in [0.15, 0.2) is 18.7 Å². The lowest BCUT2D eigenvalue weighted by atomic mass is 9.85. The zero-order chi connectivity index (χ0) is 19.1. The zero-order valence-electron chi connectivity index (χ0n) is 15.0. The summed E-state index contributed by atoms with van der Waals surface area (Å²) in [6.45, 7) is 3.09. The molecule has 0 saturated carbocycles. The molecule has 0 spiro atoms. The van der Waals surface area contributed by atoms with Crippen molar-refractivity contribution < 1.29 is 33.6 Å². The van der Waals surface area contributed by atoms with E-state index in [4.69, 9.17) is 18.9 Å². The molecule has 0 amide bonds. The van der Waals surface area contributed by atoms with Crippen LogP contribution in [0.4, 0.5) is 0 Å². The molecule has 1 heterocycles. The van der Waals surface area contributed by atoms with E-state index in [-0.39, 0.29) is 29.4 Å². The Bertz CT molecular complexity index is 885. The maximum absolute atomic E-state index is 12.9. The summed E-state index contributed by atoms with van der Waals surface area (Å²) < 4.78 is 21.4. The van der Waals surface area contributed by atoms with Gasteiger partial charge in [-0.2, -0.15) is 0 Å². The largest absolute Gasteiger partial charge is 0.483 e. The lowest BCUT2D eigenvalue weighted by molar-refractivity contribution is -0.0244. The average molecular weight is 360 g/mol. The molecular formula is C19H20O7. The van der Waals surface area contributed by atoms with Gasteiger partial charge in [0.25, 0.3) is 0 Å². The number of fused-ring (bicyclic) bond motifs is 3. The van der Waals surface area contributed by atoms with Crippen molar-refractivity contribution in [3.8, 4) is 11.5 Å². The summed E-state index contributed by atoms with van der Waals surface area (Å²) in [5.74, 6) is -1.00. The van der Waals surface area contributed by atoms with Gasteiger partial charge in [-0.15, -0.1) is 0 Å². The molecule has 1 atom stereocenters. The van der Waals surface area contributed by atoms with E-state index in [2.05, 4.69) is 0 Å². The number of Topliss-reactive ketones (excluding diaryl/α,β-unsaturated/α-hetero) is 1. The van der Waals surface area contributed by atoms with E-state index in [1.807, 2.05) is 0 Å². The third-order valence-electron chi connectivity index (χ3n) is 4.35. The van der Waals surface area contributed by atoms with E-state index >= 15 is 0 Å². The van der Waals surface area contributed by atoms with Crippen molar-refractivity contribution in [1.82, 2.24) is 0 Å². The second-order valence-corrected chi connectivity index (χ2v) is 6.47. The SMILES string of the molecule is COCOc1c(C(=O)OC)c2c(c3ccccc13)OC(C)(C)[C@@H](O)C2=O. The van der Waals surface area contributed by atoms with Crippen LogP contribution in [-0.2, 0) is 9.47 Å². The molecule has 1 aliphatic heterocycles. The van der Waals surface area contributed by atoms with Crippen molar-refractivity contribution >= 4 is 22.5 Å². The van der Waals surface area contributed by atoms with Gasteiger partial charge in [0.05, 0.1) is 12.7 Å². The van der Waals surface area contributed by atoms with Crippen LogP contribution in [0.1, 0.15) is 34.6 Å². The Labute approximate surface area is 150 Å². The molecule has 26 heavy (non-hydrogen) atoms. The zero-order valence-corrected chi connectivity index (χ0v) is 15.0. The van der Waals surface area contributed by atoms with Crippen LogP contribution in [0.3, 0.4) is 0 Å². The second-order valence-electron chi connectivity index (χ2n) is 6.47. The number of aliphatic hydroxyl groups is 1. The summed E-state index contributed by atoms with van der Waals surface area (Å²) in [4.78, 5) is 25.4. The molecule has 7 nitrogen and oxygen atoms in total. The van der Waals surface area contributed by atoms with Crippen molar-refractivity contribution in [3.63, 3.8) is 0 Å². The Balaban J connectivity index is 2.44. The molecule has 2 aromatic carbocycles. The Hall–Kier alpha value is -2.64.